The molecule has 0 bridgehead atoms. The van der Waals surface area contributed by atoms with E-state index in [1.54, 1.807) is 0 Å². The Balaban J connectivity index is 1.88. The highest BCUT2D eigenvalue weighted by atomic mass is 14.9. The molecule has 0 fully saturated rings. The lowest BCUT2D eigenvalue weighted by Gasteiger charge is -2.04. The molecule has 0 saturated carbocycles. The Morgan fingerprint density at radius 3 is 2.58 bits per heavy atom. The molecule has 3 rings (SSSR count). The first-order valence-electron chi connectivity index (χ1n) is 8.34. The molecule has 3 aromatic rings. The second-order valence-electron chi connectivity index (χ2n) is 5.62. The number of hydrogen-bond acceptors (Lipinski definition) is 2. The summed E-state index contributed by atoms with van der Waals surface area (Å²) in [4.78, 5) is 9.13. The molecule has 0 radical (unpaired) electrons. The van der Waals surface area contributed by atoms with Crippen LogP contribution >= 0.6 is 0 Å². The molecule has 1 aromatic heterocycles. The topological polar surface area (TPSA) is 25.8 Å². The molecule has 0 unspecified atom stereocenters. The van der Waals surface area contributed by atoms with Gasteiger partial charge in [-0.15, -0.1) is 0 Å². The SMILES string of the molecule is CCCCC#Cc1cccc(-c2nccc(-c3ccccc3)n2)c1. The van der Waals surface area contributed by atoms with Crippen molar-refractivity contribution >= 4 is 0 Å². The summed E-state index contributed by atoms with van der Waals surface area (Å²) in [5.74, 6) is 7.19. The Morgan fingerprint density at radius 1 is 0.917 bits per heavy atom. The first-order valence-corrected chi connectivity index (χ1v) is 8.34. The minimum atomic E-state index is 0.730. The van der Waals surface area contributed by atoms with Gasteiger partial charge in [0.05, 0.1) is 5.69 Å². The van der Waals surface area contributed by atoms with Gasteiger partial charge < -0.3 is 0 Å². The standard InChI is InChI=1S/C22H20N2/c1-2-3-4-6-10-18-11-9-14-20(17-18)22-23-16-15-21(24-22)19-12-7-5-8-13-19/h5,7-9,11-17H,2-4H2,1H3. The average Bonchev–Trinajstić information content (AvgIpc) is 2.66. The van der Waals surface area contributed by atoms with Crippen LogP contribution in [-0.4, -0.2) is 9.97 Å². The molecule has 2 nitrogen and oxygen atoms in total. The van der Waals surface area contributed by atoms with Crippen LogP contribution in [0.4, 0.5) is 0 Å². The fourth-order valence-corrected chi connectivity index (χ4v) is 2.43. The van der Waals surface area contributed by atoms with Crippen molar-refractivity contribution in [2.45, 2.75) is 26.2 Å². The van der Waals surface area contributed by atoms with Crippen LogP contribution in [0.5, 0.6) is 0 Å². The predicted molar refractivity (Wildman–Crippen MR) is 99.3 cm³/mol. The predicted octanol–water partition coefficient (Wildman–Crippen LogP) is 5.35. The van der Waals surface area contributed by atoms with Crippen LogP contribution in [0.2, 0.25) is 0 Å². The smallest absolute Gasteiger partial charge is 0.159 e. The van der Waals surface area contributed by atoms with Crippen LogP contribution in [0.1, 0.15) is 31.7 Å². The van der Waals surface area contributed by atoms with E-state index in [0.29, 0.717) is 0 Å². The van der Waals surface area contributed by atoms with E-state index in [4.69, 9.17) is 4.98 Å². The molecular formula is C22H20N2. The van der Waals surface area contributed by atoms with E-state index < -0.39 is 0 Å². The summed E-state index contributed by atoms with van der Waals surface area (Å²) in [6, 6.07) is 20.2. The molecule has 0 aliphatic carbocycles. The van der Waals surface area contributed by atoms with Crippen LogP contribution < -0.4 is 0 Å². The van der Waals surface area contributed by atoms with Crippen LogP contribution in [0.15, 0.2) is 66.9 Å². The second-order valence-corrected chi connectivity index (χ2v) is 5.62. The highest BCUT2D eigenvalue weighted by molar-refractivity contribution is 5.64. The molecule has 1 heterocycles. The third-order valence-electron chi connectivity index (χ3n) is 3.73. The molecule has 24 heavy (non-hydrogen) atoms. The molecular weight excluding hydrogens is 292 g/mol. The summed E-state index contributed by atoms with van der Waals surface area (Å²) < 4.78 is 0. The molecule has 0 saturated heterocycles. The van der Waals surface area contributed by atoms with Gasteiger partial charge in [-0.05, 0) is 24.6 Å². The molecule has 118 valence electrons. The Kier molecular flexibility index (Phi) is 5.37. The van der Waals surface area contributed by atoms with Gasteiger partial charge in [0.2, 0.25) is 0 Å². The third-order valence-corrected chi connectivity index (χ3v) is 3.73. The lowest BCUT2D eigenvalue weighted by Crippen LogP contribution is -1.92. The highest BCUT2D eigenvalue weighted by Crippen LogP contribution is 2.21. The quantitative estimate of drug-likeness (QED) is 0.479. The van der Waals surface area contributed by atoms with Crippen LogP contribution in [0, 0.1) is 11.8 Å². The van der Waals surface area contributed by atoms with Gasteiger partial charge in [0.1, 0.15) is 0 Å². The van der Waals surface area contributed by atoms with Gasteiger partial charge in [0.25, 0.3) is 0 Å². The zero-order valence-corrected chi connectivity index (χ0v) is 13.9. The summed E-state index contributed by atoms with van der Waals surface area (Å²) in [6.45, 7) is 2.18. The molecule has 0 atom stereocenters. The molecule has 0 spiro atoms. The molecule has 2 aromatic carbocycles. The van der Waals surface area contributed by atoms with Crippen molar-refractivity contribution in [2.75, 3.05) is 0 Å². The van der Waals surface area contributed by atoms with Crippen molar-refractivity contribution in [1.82, 2.24) is 9.97 Å². The van der Waals surface area contributed by atoms with E-state index in [-0.39, 0.29) is 0 Å². The fraction of sp³-hybridized carbons (Fsp3) is 0.182. The zero-order valence-electron chi connectivity index (χ0n) is 13.9. The summed E-state index contributed by atoms with van der Waals surface area (Å²) in [6.07, 6.45) is 5.08. The minimum absolute atomic E-state index is 0.730. The lowest BCUT2D eigenvalue weighted by atomic mass is 10.1. The summed E-state index contributed by atoms with van der Waals surface area (Å²) >= 11 is 0. The van der Waals surface area contributed by atoms with Gasteiger partial charge in [-0.25, -0.2) is 9.97 Å². The van der Waals surface area contributed by atoms with Gasteiger partial charge in [-0.3, -0.25) is 0 Å². The monoisotopic (exact) mass is 312 g/mol. The number of rotatable bonds is 4. The largest absolute Gasteiger partial charge is 0.237 e. The summed E-state index contributed by atoms with van der Waals surface area (Å²) in [5, 5.41) is 0. The summed E-state index contributed by atoms with van der Waals surface area (Å²) in [5.41, 5.74) is 4.03. The molecule has 0 aliphatic heterocycles. The van der Waals surface area contributed by atoms with E-state index in [9.17, 15) is 0 Å². The Hall–Kier alpha value is -2.92. The Labute approximate surface area is 143 Å². The molecule has 0 N–H and O–H groups in total. The zero-order chi connectivity index (χ0) is 16.6. The minimum Gasteiger partial charge on any atom is -0.237 e. The second kappa shape index (κ2) is 8.08. The maximum atomic E-state index is 4.70. The van der Waals surface area contributed by atoms with Gasteiger partial charge in [0, 0.05) is 29.3 Å². The van der Waals surface area contributed by atoms with E-state index in [1.807, 2.05) is 48.7 Å². The normalized spacial score (nSPS) is 10.0. The van der Waals surface area contributed by atoms with E-state index in [2.05, 4.69) is 41.9 Å². The molecule has 0 aliphatic rings. The Morgan fingerprint density at radius 2 is 1.75 bits per heavy atom. The Bertz CT molecular complexity index is 858. The molecule has 2 heteroatoms. The van der Waals surface area contributed by atoms with Crippen LogP contribution in [0.3, 0.4) is 0 Å². The number of benzene rings is 2. The van der Waals surface area contributed by atoms with Crippen molar-refractivity contribution in [3.63, 3.8) is 0 Å². The lowest BCUT2D eigenvalue weighted by molar-refractivity contribution is 0.828. The van der Waals surface area contributed by atoms with Gasteiger partial charge in [-0.2, -0.15) is 0 Å². The number of aromatic nitrogens is 2. The van der Waals surface area contributed by atoms with Gasteiger partial charge in [0.15, 0.2) is 5.82 Å². The fourth-order valence-electron chi connectivity index (χ4n) is 2.43. The maximum Gasteiger partial charge on any atom is 0.159 e. The van der Waals surface area contributed by atoms with Gasteiger partial charge >= 0.3 is 0 Å². The van der Waals surface area contributed by atoms with Crippen LogP contribution in [0.25, 0.3) is 22.6 Å². The van der Waals surface area contributed by atoms with Crippen molar-refractivity contribution in [3.8, 4) is 34.5 Å². The third kappa shape index (κ3) is 4.08. The first kappa shape index (κ1) is 16.0. The first-order chi connectivity index (χ1) is 11.9. The van der Waals surface area contributed by atoms with Crippen LogP contribution in [-0.2, 0) is 0 Å². The molecule has 0 amide bonds. The average molecular weight is 312 g/mol. The number of nitrogens with zero attached hydrogens (tertiary/aromatic N) is 2. The van der Waals surface area contributed by atoms with E-state index in [0.717, 1.165) is 41.1 Å². The van der Waals surface area contributed by atoms with Crippen molar-refractivity contribution in [1.29, 1.82) is 0 Å². The van der Waals surface area contributed by atoms with Crippen molar-refractivity contribution < 1.29 is 0 Å². The van der Waals surface area contributed by atoms with E-state index >= 15 is 0 Å². The van der Waals surface area contributed by atoms with Crippen molar-refractivity contribution in [2.24, 2.45) is 0 Å². The summed E-state index contributed by atoms with van der Waals surface area (Å²) in [7, 11) is 0. The van der Waals surface area contributed by atoms with Crippen molar-refractivity contribution in [3.05, 3.63) is 72.4 Å². The maximum absolute atomic E-state index is 4.70. The number of hydrogen-bond donors (Lipinski definition) is 0. The highest BCUT2D eigenvalue weighted by Gasteiger charge is 2.04. The van der Waals surface area contributed by atoms with Gasteiger partial charge in [-0.1, -0.05) is 67.6 Å². The van der Waals surface area contributed by atoms with E-state index in [1.165, 1.54) is 6.42 Å². The number of unbranched alkanes of at least 4 members (excludes halogenated alkanes) is 2.